The van der Waals surface area contributed by atoms with Gasteiger partial charge in [0.25, 0.3) is 0 Å². The Morgan fingerprint density at radius 2 is 0.611 bits per heavy atom. The van der Waals surface area contributed by atoms with Crippen molar-refractivity contribution in [3.8, 4) is 33.8 Å². The molecular formula is C62H79LiN4NiO4. The van der Waals surface area contributed by atoms with E-state index in [9.17, 15) is 0 Å². The molecule has 72 heavy (non-hydrogen) atoms. The van der Waals surface area contributed by atoms with E-state index >= 15 is 0 Å². The maximum atomic E-state index is 5.33. The number of pyridine rings is 1. The predicted molar refractivity (Wildman–Crippen MR) is 288 cm³/mol. The maximum Gasteiger partial charge on any atom is 2.00 e. The Kier molecular flexibility index (Phi) is 25.6. The van der Waals surface area contributed by atoms with E-state index in [1.807, 2.05) is 18.2 Å². The average molecular weight is 1010 g/mol. The van der Waals surface area contributed by atoms with Gasteiger partial charge in [-0.15, -0.1) is 34.2 Å². The van der Waals surface area contributed by atoms with Crippen molar-refractivity contribution in [3.63, 3.8) is 0 Å². The van der Waals surface area contributed by atoms with E-state index in [1.54, 1.807) is 12.4 Å². The molecular weight excluding hydrogens is 930 g/mol. The third kappa shape index (κ3) is 17.1. The molecule has 0 saturated carbocycles. The first kappa shape index (κ1) is 60.1. The minimum Gasteiger partial charge on any atom is -0.660 e. The van der Waals surface area contributed by atoms with Crippen molar-refractivity contribution in [2.45, 2.75) is 126 Å². The zero-order valence-corrected chi connectivity index (χ0v) is 46.4. The van der Waals surface area contributed by atoms with Crippen molar-refractivity contribution in [2.75, 3.05) is 52.9 Å². The third-order valence-corrected chi connectivity index (χ3v) is 13.1. The molecule has 382 valence electrons. The van der Waals surface area contributed by atoms with Crippen LogP contribution >= 0.6 is 0 Å². The van der Waals surface area contributed by atoms with Crippen molar-refractivity contribution in [3.05, 3.63) is 171 Å². The molecule has 3 aromatic carbocycles. The first-order chi connectivity index (χ1) is 33.9. The zero-order chi connectivity index (χ0) is 49.9. The molecule has 0 spiro atoms. The fourth-order valence-corrected chi connectivity index (χ4v) is 9.84. The molecule has 0 aliphatic carbocycles. The Bertz CT molecular complexity index is 2260. The predicted octanol–water partition coefficient (Wildman–Crippen LogP) is 11.0. The summed E-state index contributed by atoms with van der Waals surface area (Å²) in [6, 6.07) is 32.1. The van der Waals surface area contributed by atoms with Gasteiger partial charge in [-0.2, -0.15) is 0 Å². The topological polar surface area (TPSA) is 92.1 Å². The van der Waals surface area contributed by atoms with Gasteiger partial charge in [-0.25, -0.2) is 0 Å². The number of benzene rings is 3. The monoisotopic (exact) mass is 1010 g/mol. The van der Waals surface area contributed by atoms with Gasteiger partial charge in [-0.05, 0) is 181 Å². The minimum atomic E-state index is -0.653. The van der Waals surface area contributed by atoms with Crippen LogP contribution in [0.15, 0.2) is 103 Å². The zero-order valence-electron chi connectivity index (χ0n) is 45.4. The van der Waals surface area contributed by atoms with Crippen LogP contribution in [0, 0.1) is 62.3 Å². The van der Waals surface area contributed by atoms with Gasteiger partial charge in [0, 0.05) is 65.2 Å². The maximum absolute atomic E-state index is 5.33. The number of aromatic nitrogens is 4. The summed E-state index contributed by atoms with van der Waals surface area (Å²) in [5.74, 6) is 0. The summed E-state index contributed by atoms with van der Waals surface area (Å²) >= 11 is 0. The van der Waals surface area contributed by atoms with Crippen molar-refractivity contribution in [1.82, 2.24) is 19.9 Å². The first-order valence-electron chi connectivity index (χ1n) is 25.7. The van der Waals surface area contributed by atoms with Crippen LogP contribution in [0.25, 0.3) is 33.8 Å². The van der Waals surface area contributed by atoms with Crippen LogP contribution in [0.1, 0.15) is 125 Å². The molecule has 0 amide bonds. The Hall–Kier alpha value is -4.42. The van der Waals surface area contributed by atoms with Gasteiger partial charge in [0.2, 0.25) is 0 Å². The number of aryl methyl sites for hydroxylation is 9. The average Bonchev–Trinajstić information content (AvgIpc) is 4.20. The molecule has 0 bridgehead atoms. The first-order valence-corrected chi connectivity index (χ1v) is 25.7. The second kappa shape index (κ2) is 30.7. The largest absolute Gasteiger partial charge is 2.00 e. The van der Waals surface area contributed by atoms with Crippen LogP contribution in [0.5, 0.6) is 0 Å². The molecule has 0 radical (unpaired) electrons. The number of hydrogen-bond donors (Lipinski definition) is 0. The van der Waals surface area contributed by atoms with Gasteiger partial charge >= 0.3 is 35.4 Å². The molecule has 10 heteroatoms. The molecule has 0 N–H and O–H groups in total. The standard InChI is InChI=1S/C41H42N3.C5H5N.4C4H8O.Li.Ni/c1-23-17-26(4)38(27(5)18-23)32-11-14-35(42-32)41(10,36-15-12-33(43-36)39-28(6)19-24(2)20-29(39)7)37-16-13-34(44-37)40-30(8)21-25(3)22-31(40)9;1-2-4-6-5-3-1;4*1-2-4-5-3-1;;/h11-22H,1-10H3;1-5H;4*1-4H2;;/q-3;;;;;;+1;+2. The number of hydrogen-bond acceptors (Lipinski definition) is 5. The van der Waals surface area contributed by atoms with Gasteiger partial charge in [-0.1, -0.05) is 102 Å². The van der Waals surface area contributed by atoms with Crippen molar-refractivity contribution >= 4 is 0 Å². The van der Waals surface area contributed by atoms with E-state index < -0.39 is 5.41 Å². The van der Waals surface area contributed by atoms with Gasteiger partial charge in [0.05, 0.1) is 0 Å². The van der Waals surface area contributed by atoms with Gasteiger partial charge in [0.15, 0.2) is 0 Å². The van der Waals surface area contributed by atoms with Gasteiger partial charge in [-0.3, -0.25) is 4.98 Å². The second-order valence-electron chi connectivity index (χ2n) is 19.4. The summed E-state index contributed by atoms with van der Waals surface area (Å²) in [5, 5.41) is 0. The Morgan fingerprint density at radius 1 is 0.375 bits per heavy atom. The second-order valence-corrected chi connectivity index (χ2v) is 19.4. The van der Waals surface area contributed by atoms with Crippen LogP contribution in [-0.4, -0.2) is 57.8 Å². The molecule has 11 rings (SSSR count). The van der Waals surface area contributed by atoms with Crippen LogP contribution in [0.2, 0.25) is 0 Å². The molecule has 0 unspecified atom stereocenters. The number of ether oxygens (including phenoxy) is 4. The normalized spacial score (nSPS) is 14.6. The fraction of sp³-hybridized carbons (Fsp3) is 0.435. The summed E-state index contributed by atoms with van der Waals surface area (Å²) in [5.41, 5.74) is 20.1. The molecule has 8 heterocycles. The van der Waals surface area contributed by atoms with E-state index in [-0.39, 0.29) is 35.4 Å². The quantitative estimate of drug-likeness (QED) is 0.152. The molecule has 0 atom stereocenters. The van der Waals surface area contributed by atoms with E-state index in [0.29, 0.717) is 0 Å². The number of nitrogens with zero attached hydrogens (tertiary/aromatic N) is 4. The molecule has 7 aromatic rings. The summed E-state index contributed by atoms with van der Waals surface area (Å²) in [6.45, 7) is 29.7. The summed E-state index contributed by atoms with van der Waals surface area (Å²) in [7, 11) is 0. The van der Waals surface area contributed by atoms with Crippen molar-refractivity contribution in [1.29, 1.82) is 0 Å². The Morgan fingerprint density at radius 3 is 0.778 bits per heavy atom. The molecule has 4 aliphatic heterocycles. The van der Waals surface area contributed by atoms with Crippen LogP contribution in [-0.2, 0) is 40.9 Å². The molecule has 4 aliphatic rings. The Labute approximate surface area is 454 Å². The van der Waals surface area contributed by atoms with Crippen molar-refractivity contribution < 1.29 is 54.3 Å². The molecule has 4 saturated heterocycles. The molecule has 8 nitrogen and oxygen atoms in total. The van der Waals surface area contributed by atoms with E-state index in [1.165, 1.54) is 118 Å². The van der Waals surface area contributed by atoms with Gasteiger partial charge < -0.3 is 33.9 Å². The van der Waals surface area contributed by atoms with Crippen LogP contribution < -0.4 is 33.8 Å². The molecule has 4 aromatic heterocycles. The number of rotatable bonds is 6. The minimum absolute atomic E-state index is 0. The smallest absolute Gasteiger partial charge is 0.660 e. The fourth-order valence-electron chi connectivity index (χ4n) is 9.84. The van der Waals surface area contributed by atoms with Crippen LogP contribution in [0.3, 0.4) is 0 Å². The van der Waals surface area contributed by atoms with Gasteiger partial charge in [0.1, 0.15) is 0 Å². The van der Waals surface area contributed by atoms with E-state index in [2.05, 4.69) is 147 Å². The summed E-state index contributed by atoms with van der Waals surface area (Å²) < 4.78 is 19.8. The Balaban J connectivity index is 0.000000321. The summed E-state index contributed by atoms with van der Waals surface area (Å²) in [4.78, 5) is 19.8. The SMILES string of the molecule is C1CCOC1.C1CCOC1.C1CCOC1.C1CCOC1.Cc1cc(C)c(-c2ccc(C(C)(c3ccc(-c4c(C)cc(C)cc4C)[n-]3)c3ccc(-c4c(C)cc(C)cc4C)[n-]3)[n-]2)c(C)c1.[Li+].[Ni+2].c1ccncc1. The molecule has 4 fully saturated rings. The van der Waals surface area contributed by atoms with E-state index in [0.717, 1.165) is 87.0 Å². The van der Waals surface area contributed by atoms with Crippen molar-refractivity contribution in [2.24, 2.45) is 0 Å². The van der Waals surface area contributed by atoms with Crippen LogP contribution in [0.4, 0.5) is 0 Å². The van der Waals surface area contributed by atoms with E-state index in [4.69, 9.17) is 33.9 Å². The summed E-state index contributed by atoms with van der Waals surface area (Å²) in [6.07, 6.45) is 13.7. The third-order valence-electron chi connectivity index (χ3n) is 13.1.